The molecule has 6 heteroatoms. The minimum absolute atomic E-state index is 0.112. The number of amides is 1. The lowest BCUT2D eigenvalue weighted by atomic mass is 9.86. The lowest BCUT2D eigenvalue weighted by Gasteiger charge is -2.44. The molecule has 3 aliphatic rings. The van der Waals surface area contributed by atoms with Gasteiger partial charge in [-0.25, -0.2) is 13.6 Å². The highest BCUT2D eigenvalue weighted by Gasteiger charge is 2.37. The molecule has 2 bridgehead atoms. The summed E-state index contributed by atoms with van der Waals surface area (Å²) in [6, 6.07) is 12.0. The number of hydrogen-bond acceptors (Lipinski definition) is 3. The van der Waals surface area contributed by atoms with Crippen molar-refractivity contribution in [1.29, 1.82) is 0 Å². The van der Waals surface area contributed by atoms with Crippen LogP contribution in [0.25, 0.3) is 0 Å². The van der Waals surface area contributed by atoms with Crippen LogP contribution >= 0.6 is 0 Å². The average molecular weight is 372 g/mol. The van der Waals surface area contributed by atoms with Crippen LogP contribution in [0.1, 0.15) is 18.4 Å². The van der Waals surface area contributed by atoms with Crippen LogP contribution < -0.4 is 4.90 Å². The van der Waals surface area contributed by atoms with Gasteiger partial charge in [0.15, 0.2) is 0 Å². The van der Waals surface area contributed by atoms with Crippen molar-refractivity contribution < 1.29 is 18.3 Å². The number of halogens is 2. The molecule has 1 atom stereocenters. The lowest BCUT2D eigenvalue weighted by Crippen LogP contribution is -2.53. The summed E-state index contributed by atoms with van der Waals surface area (Å²) in [5, 5.41) is 0. The van der Waals surface area contributed by atoms with Gasteiger partial charge in [-0.3, -0.25) is 9.80 Å². The maximum absolute atomic E-state index is 14.4. The molecule has 142 valence electrons. The number of anilines is 1. The van der Waals surface area contributed by atoms with Crippen LogP contribution in [-0.2, 0) is 11.3 Å². The number of piperidine rings is 3. The third kappa shape index (κ3) is 3.95. The normalized spacial score (nSPS) is 23.9. The predicted molar refractivity (Wildman–Crippen MR) is 98.4 cm³/mol. The van der Waals surface area contributed by atoms with Gasteiger partial charge in [0.2, 0.25) is 0 Å². The first-order valence-corrected chi connectivity index (χ1v) is 9.29. The van der Waals surface area contributed by atoms with E-state index in [-0.39, 0.29) is 24.2 Å². The number of benzene rings is 2. The molecule has 2 aromatic carbocycles. The number of rotatable bonds is 4. The second-order valence-corrected chi connectivity index (χ2v) is 7.22. The van der Waals surface area contributed by atoms with Crippen LogP contribution in [0.3, 0.4) is 0 Å². The Balaban J connectivity index is 1.56. The molecule has 27 heavy (non-hydrogen) atoms. The van der Waals surface area contributed by atoms with E-state index in [0.717, 1.165) is 32.5 Å². The number of para-hydroxylation sites is 1. The van der Waals surface area contributed by atoms with Crippen molar-refractivity contribution >= 4 is 11.8 Å². The van der Waals surface area contributed by atoms with Crippen molar-refractivity contribution in [3.8, 4) is 0 Å². The zero-order chi connectivity index (χ0) is 18.8. The summed E-state index contributed by atoms with van der Waals surface area (Å²) in [7, 11) is 0. The summed E-state index contributed by atoms with van der Waals surface area (Å²) >= 11 is 0. The van der Waals surface area contributed by atoms with Gasteiger partial charge in [-0.05, 0) is 61.7 Å². The first kappa shape index (κ1) is 17.9. The quantitative estimate of drug-likeness (QED) is 0.806. The summed E-state index contributed by atoms with van der Waals surface area (Å²) in [5.74, 6) is -0.483. The van der Waals surface area contributed by atoms with Crippen molar-refractivity contribution in [2.24, 2.45) is 5.92 Å². The summed E-state index contributed by atoms with van der Waals surface area (Å²) in [4.78, 5) is 16.5. The summed E-state index contributed by atoms with van der Waals surface area (Å²) in [6.07, 6.45) is 1.32. The highest BCUT2D eigenvalue weighted by molar-refractivity contribution is 5.87. The molecule has 3 aliphatic heterocycles. The van der Waals surface area contributed by atoms with Gasteiger partial charge in [0.1, 0.15) is 17.7 Å². The van der Waals surface area contributed by atoms with E-state index in [2.05, 4.69) is 4.90 Å². The SMILES string of the molecule is O=C(OC1CN2CCC1CC2)N(Cc1ccc(F)cc1)c1ccccc1F. The Hall–Kier alpha value is -2.47. The second kappa shape index (κ2) is 7.64. The zero-order valence-electron chi connectivity index (χ0n) is 15.0. The molecule has 1 amide bonds. The maximum atomic E-state index is 14.4. The minimum atomic E-state index is -0.567. The fraction of sp³-hybridized carbons (Fsp3) is 0.381. The van der Waals surface area contributed by atoms with Crippen LogP contribution in [0.2, 0.25) is 0 Å². The van der Waals surface area contributed by atoms with Crippen LogP contribution in [-0.4, -0.2) is 36.7 Å². The molecule has 0 spiro atoms. The van der Waals surface area contributed by atoms with Crippen molar-refractivity contribution in [3.63, 3.8) is 0 Å². The van der Waals surface area contributed by atoms with E-state index in [9.17, 15) is 13.6 Å². The van der Waals surface area contributed by atoms with E-state index in [4.69, 9.17) is 4.74 Å². The monoisotopic (exact) mass is 372 g/mol. The van der Waals surface area contributed by atoms with Crippen molar-refractivity contribution in [2.45, 2.75) is 25.5 Å². The predicted octanol–water partition coefficient (Wildman–Crippen LogP) is 4.20. The summed E-state index contributed by atoms with van der Waals surface area (Å²) in [5.41, 5.74) is 0.860. The highest BCUT2D eigenvalue weighted by atomic mass is 19.1. The Morgan fingerprint density at radius 3 is 2.41 bits per heavy atom. The van der Waals surface area contributed by atoms with Gasteiger partial charge in [0.25, 0.3) is 0 Å². The minimum Gasteiger partial charge on any atom is -0.444 e. The van der Waals surface area contributed by atoms with E-state index in [0.29, 0.717) is 11.5 Å². The van der Waals surface area contributed by atoms with Gasteiger partial charge < -0.3 is 4.74 Å². The van der Waals surface area contributed by atoms with Crippen molar-refractivity contribution in [1.82, 2.24) is 4.90 Å². The maximum Gasteiger partial charge on any atom is 0.415 e. The van der Waals surface area contributed by atoms with E-state index >= 15 is 0 Å². The van der Waals surface area contributed by atoms with Crippen LogP contribution in [0.4, 0.5) is 19.3 Å². The van der Waals surface area contributed by atoms with Gasteiger partial charge in [-0.2, -0.15) is 0 Å². The molecule has 4 nitrogen and oxygen atoms in total. The molecular weight excluding hydrogens is 350 g/mol. The van der Waals surface area contributed by atoms with Crippen LogP contribution in [0.15, 0.2) is 48.5 Å². The molecule has 0 aliphatic carbocycles. The smallest absolute Gasteiger partial charge is 0.415 e. The number of hydrogen-bond donors (Lipinski definition) is 0. The van der Waals surface area contributed by atoms with Gasteiger partial charge in [-0.15, -0.1) is 0 Å². The fourth-order valence-electron chi connectivity index (χ4n) is 3.93. The Bertz CT molecular complexity index is 804. The molecule has 3 saturated heterocycles. The van der Waals surface area contributed by atoms with E-state index in [1.807, 2.05) is 0 Å². The fourth-order valence-corrected chi connectivity index (χ4v) is 3.93. The standard InChI is InChI=1S/C21H22F2N2O2/c22-17-7-5-15(6-8-17)13-25(19-4-2-1-3-18(19)23)21(26)27-20-14-24-11-9-16(20)10-12-24/h1-8,16,20H,9-14H2. The second-order valence-electron chi connectivity index (χ2n) is 7.22. The number of ether oxygens (including phenoxy) is 1. The lowest BCUT2D eigenvalue weighted by molar-refractivity contribution is -0.0311. The van der Waals surface area contributed by atoms with E-state index in [1.54, 1.807) is 30.3 Å². The molecule has 0 radical (unpaired) electrons. The first-order valence-electron chi connectivity index (χ1n) is 9.29. The molecule has 0 saturated carbocycles. The Morgan fingerprint density at radius 2 is 1.78 bits per heavy atom. The van der Waals surface area contributed by atoms with E-state index in [1.165, 1.54) is 23.1 Å². The van der Waals surface area contributed by atoms with Gasteiger partial charge in [0, 0.05) is 6.54 Å². The van der Waals surface area contributed by atoms with Gasteiger partial charge >= 0.3 is 6.09 Å². The highest BCUT2D eigenvalue weighted by Crippen LogP contribution is 2.31. The number of nitrogens with zero attached hydrogens (tertiary/aromatic N) is 2. The summed E-state index contributed by atoms with van der Waals surface area (Å²) < 4.78 is 33.4. The molecule has 3 fully saturated rings. The zero-order valence-corrected chi connectivity index (χ0v) is 15.0. The Labute approximate surface area is 157 Å². The largest absolute Gasteiger partial charge is 0.444 e. The van der Waals surface area contributed by atoms with Crippen molar-refractivity contribution in [2.75, 3.05) is 24.5 Å². The van der Waals surface area contributed by atoms with Crippen LogP contribution in [0, 0.1) is 17.6 Å². The van der Waals surface area contributed by atoms with Crippen molar-refractivity contribution in [3.05, 3.63) is 65.7 Å². The summed E-state index contributed by atoms with van der Waals surface area (Å²) in [6.45, 7) is 2.94. The Morgan fingerprint density at radius 1 is 1.07 bits per heavy atom. The van der Waals surface area contributed by atoms with Crippen LogP contribution in [0.5, 0.6) is 0 Å². The third-order valence-electron chi connectivity index (χ3n) is 5.47. The first-order chi connectivity index (χ1) is 13.1. The van der Waals surface area contributed by atoms with Gasteiger partial charge in [0.05, 0.1) is 12.2 Å². The number of fused-ring (bicyclic) bond motifs is 3. The molecule has 0 N–H and O–H groups in total. The van der Waals surface area contributed by atoms with E-state index < -0.39 is 11.9 Å². The van der Waals surface area contributed by atoms with Gasteiger partial charge in [-0.1, -0.05) is 24.3 Å². The molecule has 0 aromatic heterocycles. The molecule has 1 unspecified atom stereocenters. The molecular formula is C21H22F2N2O2. The number of carbonyl (C=O) groups excluding carboxylic acids is 1. The Kier molecular flexibility index (Phi) is 5.07. The third-order valence-corrected chi connectivity index (χ3v) is 5.47. The molecule has 2 aromatic rings. The number of carbonyl (C=O) groups is 1. The topological polar surface area (TPSA) is 32.8 Å². The molecule has 3 heterocycles. The average Bonchev–Trinajstić information content (AvgIpc) is 2.69. The molecule has 5 rings (SSSR count).